The summed E-state index contributed by atoms with van der Waals surface area (Å²) < 4.78 is 16.5. The van der Waals surface area contributed by atoms with Gasteiger partial charge in [-0.15, -0.1) is 0 Å². The number of rotatable bonds is 2. The molecule has 0 radical (unpaired) electrons. The van der Waals surface area contributed by atoms with E-state index in [1.54, 1.807) is 31.3 Å². The molecule has 0 saturated carbocycles. The topological polar surface area (TPSA) is 88.4 Å². The van der Waals surface area contributed by atoms with Crippen LogP contribution in [0.3, 0.4) is 0 Å². The molecule has 1 aliphatic rings. The fourth-order valence-corrected chi connectivity index (χ4v) is 5.18. The van der Waals surface area contributed by atoms with Gasteiger partial charge in [0.25, 0.3) is 5.56 Å². The van der Waals surface area contributed by atoms with Crippen molar-refractivity contribution in [2.75, 3.05) is 6.61 Å². The third-order valence-electron chi connectivity index (χ3n) is 6.83. The summed E-state index contributed by atoms with van der Waals surface area (Å²) in [6, 6.07) is 14.9. The first-order valence-corrected chi connectivity index (χ1v) is 11.4. The second-order valence-electron chi connectivity index (χ2n) is 8.95. The van der Waals surface area contributed by atoms with E-state index in [2.05, 4.69) is 0 Å². The summed E-state index contributed by atoms with van der Waals surface area (Å²) in [5.41, 5.74) is 3.47. The fourth-order valence-electron chi connectivity index (χ4n) is 5.18. The molecule has 0 unspecified atom stereocenters. The quantitative estimate of drug-likeness (QED) is 0.396. The number of nitrogens with zero attached hydrogens (tertiary/aromatic N) is 3. The molecule has 0 aliphatic carbocycles. The summed E-state index contributed by atoms with van der Waals surface area (Å²) in [7, 11) is 3.12. The zero-order valence-electron chi connectivity index (χ0n) is 19.6. The number of aromatic nitrogens is 3. The second kappa shape index (κ2) is 7.68. The predicted molar refractivity (Wildman–Crippen MR) is 133 cm³/mol. The molecule has 35 heavy (non-hydrogen) atoms. The van der Waals surface area contributed by atoms with Gasteiger partial charge in [0.2, 0.25) is 0 Å². The van der Waals surface area contributed by atoms with Crippen LogP contribution in [0.4, 0.5) is 0 Å². The van der Waals surface area contributed by atoms with E-state index in [0.29, 0.717) is 52.0 Å². The summed E-state index contributed by atoms with van der Waals surface area (Å²) in [5.74, 6) is 0. The molecule has 8 nitrogen and oxygen atoms in total. The molecule has 1 atom stereocenters. The zero-order valence-corrected chi connectivity index (χ0v) is 19.6. The third-order valence-corrected chi connectivity index (χ3v) is 6.83. The van der Waals surface area contributed by atoms with Crippen LogP contribution in [0.5, 0.6) is 0 Å². The van der Waals surface area contributed by atoms with Gasteiger partial charge in [-0.3, -0.25) is 18.7 Å². The summed E-state index contributed by atoms with van der Waals surface area (Å²) in [5, 5.41) is 0.876. The first-order valence-electron chi connectivity index (χ1n) is 11.4. The number of hydrogen-bond donors (Lipinski definition) is 0. The van der Waals surface area contributed by atoms with Crippen molar-refractivity contribution in [2.45, 2.75) is 19.6 Å². The van der Waals surface area contributed by atoms with E-state index in [0.717, 1.165) is 15.7 Å². The smallest absolute Gasteiger partial charge is 0.331 e. The Kier molecular flexibility index (Phi) is 4.69. The molecule has 0 fully saturated rings. The maximum absolute atomic E-state index is 13.5. The highest BCUT2D eigenvalue weighted by atomic mass is 16.5. The molecule has 0 N–H and O–H groups in total. The lowest BCUT2D eigenvalue weighted by molar-refractivity contribution is 0.0463. The van der Waals surface area contributed by atoms with Crippen LogP contribution in [0, 0.1) is 6.92 Å². The highest BCUT2D eigenvalue weighted by Gasteiger charge is 2.34. The highest BCUT2D eigenvalue weighted by molar-refractivity contribution is 5.96. The van der Waals surface area contributed by atoms with E-state index in [9.17, 15) is 14.4 Å². The van der Waals surface area contributed by atoms with Crippen molar-refractivity contribution < 1.29 is 9.15 Å². The minimum absolute atomic E-state index is 0.203. The van der Waals surface area contributed by atoms with E-state index in [-0.39, 0.29) is 11.0 Å². The molecule has 2 aromatic carbocycles. The first-order chi connectivity index (χ1) is 16.9. The number of ether oxygens (including phenoxy) is 1. The van der Waals surface area contributed by atoms with Crippen LogP contribution in [-0.2, 0) is 25.4 Å². The van der Waals surface area contributed by atoms with Gasteiger partial charge in [-0.25, -0.2) is 4.79 Å². The minimum Gasteiger partial charge on any atom is -0.464 e. The van der Waals surface area contributed by atoms with Crippen molar-refractivity contribution in [3.63, 3.8) is 0 Å². The van der Waals surface area contributed by atoms with Gasteiger partial charge >= 0.3 is 5.69 Å². The van der Waals surface area contributed by atoms with Gasteiger partial charge in [-0.1, -0.05) is 35.9 Å². The molecule has 5 aromatic rings. The Morgan fingerprint density at radius 1 is 0.971 bits per heavy atom. The molecule has 0 amide bonds. The van der Waals surface area contributed by atoms with Gasteiger partial charge in [0.15, 0.2) is 5.43 Å². The molecule has 0 bridgehead atoms. The first kappa shape index (κ1) is 21.4. The Labute approximate surface area is 199 Å². The van der Waals surface area contributed by atoms with Crippen molar-refractivity contribution in [1.82, 2.24) is 13.7 Å². The van der Waals surface area contributed by atoms with Crippen LogP contribution in [0.15, 0.2) is 73.6 Å². The summed E-state index contributed by atoms with van der Waals surface area (Å²) in [6.45, 7) is 2.80. The van der Waals surface area contributed by atoms with Crippen LogP contribution in [0.2, 0.25) is 0 Å². The lowest BCUT2D eigenvalue weighted by Gasteiger charge is -2.27. The number of aryl methyl sites for hydroxylation is 2. The van der Waals surface area contributed by atoms with Crippen LogP contribution in [-0.4, -0.2) is 20.3 Å². The van der Waals surface area contributed by atoms with Crippen molar-refractivity contribution in [3.8, 4) is 11.3 Å². The number of hydrogen-bond acceptors (Lipinski definition) is 5. The second-order valence-corrected chi connectivity index (χ2v) is 8.95. The molecule has 176 valence electrons. The van der Waals surface area contributed by atoms with E-state index < -0.39 is 11.8 Å². The Hall–Kier alpha value is -4.17. The molecule has 8 heteroatoms. The van der Waals surface area contributed by atoms with Crippen molar-refractivity contribution in [2.24, 2.45) is 14.1 Å². The average molecular weight is 469 g/mol. The van der Waals surface area contributed by atoms with Crippen LogP contribution in [0.25, 0.3) is 33.1 Å². The summed E-state index contributed by atoms with van der Waals surface area (Å²) >= 11 is 0. The van der Waals surface area contributed by atoms with Gasteiger partial charge in [-0.05, 0) is 30.7 Å². The predicted octanol–water partition coefficient (Wildman–Crippen LogP) is 3.24. The van der Waals surface area contributed by atoms with E-state index in [4.69, 9.17) is 9.15 Å². The minimum atomic E-state index is -0.802. The van der Waals surface area contributed by atoms with E-state index in [1.807, 2.05) is 35.8 Å². The Morgan fingerprint density at radius 2 is 1.77 bits per heavy atom. The Bertz CT molecular complexity index is 1840. The lowest BCUT2D eigenvalue weighted by atomic mass is 10.0. The summed E-state index contributed by atoms with van der Waals surface area (Å²) in [6.07, 6.45) is 0.623. The number of para-hydroxylation sites is 1. The monoisotopic (exact) mass is 469 g/mol. The Balaban J connectivity index is 1.76. The maximum atomic E-state index is 13.5. The molecule has 0 spiro atoms. The SMILES string of the molecule is Cc1cccc(-c2c3c(=O)n(C)c(=O)n(C)c3c3n2CCO[C@@H]3c2coc3ccccc3c2=O)c1. The third kappa shape index (κ3) is 2.99. The molecule has 1 aliphatic heterocycles. The molecule has 3 aromatic heterocycles. The summed E-state index contributed by atoms with van der Waals surface area (Å²) in [4.78, 5) is 40.0. The van der Waals surface area contributed by atoms with Gasteiger partial charge < -0.3 is 13.7 Å². The zero-order chi connectivity index (χ0) is 24.4. The fraction of sp³-hybridized carbons (Fsp3) is 0.222. The Morgan fingerprint density at radius 3 is 2.57 bits per heavy atom. The average Bonchev–Trinajstić information content (AvgIpc) is 3.22. The molecule has 6 rings (SSSR count). The lowest BCUT2D eigenvalue weighted by Crippen LogP contribution is -2.37. The number of benzene rings is 2. The highest BCUT2D eigenvalue weighted by Crippen LogP contribution is 2.40. The van der Waals surface area contributed by atoms with Crippen molar-refractivity contribution >= 4 is 21.9 Å². The van der Waals surface area contributed by atoms with Crippen molar-refractivity contribution in [1.29, 1.82) is 0 Å². The molecule has 0 saturated heterocycles. The normalized spacial score (nSPS) is 15.6. The van der Waals surface area contributed by atoms with Gasteiger partial charge in [0.05, 0.1) is 39.8 Å². The van der Waals surface area contributed by atoms with Gasteiger partial charge in [0, 0.05) is 20.6 Å². The molecular formula is C27H23N3O5. The molecular weight excluding hydrogens is 446 g/mol. The number of fused-ring (bicyclic) bond motifs is 4. The maximum Gasteiger partial charge on any atom is 0.331 e. The van der Waals surface area contributed by atoms with Crippen molar-refractivity contribution in [3.05, 3.63) is 103 Å². The van der Waals surface area contributed by atoms with E-state index in [1.165, 1.54) is 17.9 Å². The largest absolute Gasteiger partial charge is 0.464 e. The van der Waals surface area contributed by atoms with Gasteiger partial charge in [-0.2, -0.15) is 0 Å². The van der Waals surface area contributed by atoms with Gasteiger partial charge in [0.1, 0.15) is 18.0 Å². The standard InChI is InChI=1S/C27H23N3O5/c1-15-7-6-8-16(13-15)21-20-22(28(2)27(33)29(3)26(20)32)23-25(34-12-11-30(21)23)18-14-35-19-10-5-4-9-17(19)24(18)31/h4-10,13-14,25H,11-12H2,1-3H3/t25-/m1/s1. The van der Waals surface area contributed by atoms with Crippen LogP contribution >= 0.6 is 0 Å². The van der Waals surface area contributed by atoms with Crippen LogP contribution < -0.4 is 16.7 Å². The van der Waals surface area contributed by atoms with Crippen LogP contribution in [0.1, 0.15) is 22.9 Å². The van der Waals surface area contributed by atoms with E-state index >= 15 is 0 Å². The molecule has 4 heterocycles.